The quantitative estimate of drug-likeness (QED) is 0.569. The highest BCUT2D eigenvalue weighted by Gasteiger charge is 2.35. The van der Waals surface area contributed by atoms with Crippen molar-refractivity contribution in [2.24, 2.45) is 0 Å². The van der Waals surface area contributed by atoms with Gasteiger partial charge in [-0.15, -0.1) is 23.1 Å². The minimum Gasteiger partial charge on any atom is -0.477 e. The van der Waals surface area contributed by atoms with Crippen molar-refractivity contribution >= 4 is 56.7 Å². The molecule has 3 aromatic rings. The van der Waals surface area contributed by atoms with Crippen LogP contribution in [-0.2, 0) is 4.79 Å². The molecule has 1 aliphatic heterocycles. The number of thioether (sulfide) groups is 1. The zero-order chi connectivity index (χ0) is 19.8. The molecule has 4 nitrogen and oxygen atoms in total. The largest absolute Gasteiger partial charge is 0.477 e. The van der Waals surface area contributed by atoms with Gasteiger partial charge in [0.05, 0.1) is 5.02 Å². The van der Waals surface area contributed by atoms with Crippen molar-refractivity contribution in [3.63, 3.8) is 0 Å². The fourth-order valence-corrected chi connectivity index (χ4v) is 6.03. The topological polar surface area (TPSA) is 57.6 Å². The highest BCUT2D eigenvalue weighted by molar-refractivity contribution is 8.04. The standard InChI is InChI=1S/C21H16ClNO3S2/c1-23(20(24)19-17(22)13-9-5-6-10-15(13)27-19)14-11-16(28-18(14)21(25)26)12-7-3-2-4-8-12/h2-10,16H,11H2,1H3,(H,25,26). The van der Waals surface area contributed by atoms with Gasteiger partial charge in [0.1, 0.15) is 9.78 Å². The maximum Gasteiger partial charge on any atom is 0.343 e. The van der Waals surface area contributed by atoms with Crippen molar-refractivity contribution in [2.45, 2.75) is 11.7 Å². The van der Waals surface area contributed by atoms with Crippen LogP contribution in [0.2, 0.25) is 5.02 Å². The number of carbonyl (C=O) groups is 2. The van der Waals surface area contributed by atoms with Gasteiger partial charge in [-0.05, 0) is 11.6 Å². The van der Waals surface area contributed by atoms with Crippen LogP contribution in [0, 0.1) is 0 Å². The molecule has 0 spiro atoms. The van der Waals surface area contributed by atoms with E-state index in [1.54, 1.807) is 7.05 Å². The number of allylic oxidation sites excluding steroid dienone is 1. The van der Waals surface area contributed by atoms with Gasteiger partial charge in [-0.1, -0.05) is 60.1 Å². The van der Waals surface area contributed by atoms with E-state index in [9.17, 15) is 14.7 Å². The van der Waals surface area contributed by atoms with Crippen LogP contribution >= 0.6 is 34.7 Å². The van der Waals surface area contributed by atoms with Gasteiger partial charge in [0.25, 0.3) is 5.91 Å². The molecule has 2 heterocycles. The van der Waals surface area contributed by atoms with Crippen molar-refractivity contribution in [1.29, 1.82) is 0 Å². The third kappa shape index (κ3) is 3.32. The van der Waals surface area contributed by atoms with Gasteiger partial charge in [-0.25, -0.2) is 4.79 Å². The van der Waals surface area contributed by atoms with E-state index < -0.39 is 5.97 Å². The van der Waals surface area contributed by atoms with E-state index in [-0.39, 0.29) is 16.1 Å². The minimum absolute atomic E-state index is 0.0320. The lowest BCUT2D eigenvalue weighted by Crippen LogP contribution is -2.26. The molecule has 0 aliphatic carbocycles. The number of fused-ring (bicyclic) bond motifs is 1. The smallest absolute Gasteiger partial charge is 0.343 e. The number of carboxylic acids is 1. The second kappa shape index (κ2) is 7.62. The van der Waals surface area contributed by atoms with Crippen molar-refractivity contribution < 1.29 is 14.7 Å². The maximum atomic E-state index is 13.1. The van der Waals surface area contributed by atoms with E-state index in [1.165, 1.54) is 28.0 Å². The molecule has 0 saturated heterocycles. The predicted molar refractivity (Wildman–Crippen MR) is 115 cm³/mol. The molecular weight excluding hydrogens is 414 g/mol. The average Bonchev–Trinajstić information content (AvgIpc) is 3.30. The SMILES string of the molecule is CN(C(=O)c1sc2ccccc2c1Cl)C1=C(C(=O)O)SC(c2ccccc2)C1. The Morgan fingerprint density at radius 2 is 1.79 bits per heavy atom. The number of benzene rings is 2. The predicted octanol–water partition coefficient (Wildman–Crippen LogP) is 5.80. The number of hydrogen-bond acceptors (Lipinski definition) is 4. The molecule has 0 saturated carbocycles. The van der Waals surface area contributed by atoms with Gasteiger partial charge in [0.2, 0.25) is 0 Å². The van der Waals surface area contributed by atoms with Gasteiger partial charge in [0.15, 0.2) is 0 Å². The number of nitrogens with zero attached hydrogens (tertiary/aromatic N) is 1. The summed E-state index contributed by atoms with van der Waals surface area (Å²) in [4.78, 5) is 27.0. The van der Waals surface area contributed by atoms with E-state index in [0.717, 1.165) is 15.6 Å². The van der Waals surface area contributed by atoms with Crippen molar-refractivity contribution in [3.8, 4) is 0 Å². The van der Waals surface area contributed by atoms with Gasteiger partial charge in [-0.2, -0.15) is 0 Å². The Kier molecular flexibility index (Phi) is 5.19. The Labute approximate surface area is 175 Å². The summed E-state index contributed by atoms with van der Waals surface area (Å²) in [5, 5.41) is 10.9. The summed E-state index contributed by atoms with van der Waals surface area (Å²) in [7, 11) is 1.62. The van der Waals surface area contributed by atoms with E-state index in [2.05, 4.69) is 0 Å². The highest BCUT2D eigenvalue weighted by Crippen LogP contribution is 2.49. The molecule has 7 heteroatoms. The summed E-state index contributed by atoms with van der Waals surface area (Å²) in [6, 6.07) is 17.3. The molecule has 28 heavy (non-hydrogen) atoms. The molecule has 1 atom stereocenters. The molecule has 1 aromatic heterocycles. The Bertz CT molecular complexity index is 1110. The number of aliphatic carboxylic acids is 1. The van der Waals surface area contributed by atoms with Gasteiger partial charge in [-0.3, -0.25) is 4.79 Å². The molecular formula is C21H16ClNO3S2. The summed E-state index contributed by atoms with van der Waals surface area (Å²) in [5.74, 6) is -1.30. The Hall–Kier alpha value is -2.28. The monoisotopic (exact) mass is 429 g/mol. The number of amides is 1. The number of carboxylic acid groups (broad SMARTS) is 1. The second-order valence-corrected chi connectivity index (χ2v) is 9.05. The minimum atomic E-state index is -1.01. The lowest BCUT2D eigenvalue weighted by molar-refractivity contribution is -0.131. The fourth-order valence-electron chi connectivity index (χ4n) is 3.26. The first kappa shape index (κ1) is 19.1. The lowest BCUT2D eigenvalue weighted by Gasteiger charge is -2.19. The molecule has 1 amide bonds. The third-order valence-corrected chi connectivity index (χ3v) is 7.74. The Morgan fingerprint density at radius 3 is 2.46 bits per heavy atom. The van der Waals surface area contributed by atoms with Crippen molar-refractivity contribution in [1.82, 2.24) is 4.90 Å². The molecule has 142 valence electrons. The normalized spacial score (nSPS) is 16.6. The number of rotatable bonds is 4. The van der Waals surface area contributed by atoms with E-state index in [1.807, 2.05) is 54.6 Å². The average molecular weight is 430 g/mol. The molecule has 1 unspecified atom stereocenters. The van der Waals surface area contributed by atoms with E-state index in [0.29, 0.717) is 22.0 Å². The first-order chi connectivity index (χ1) is 13.5. The van der Waals surface area contributed by atoms with Crippen LogP contribution in [0.25, 0.3) is 10.1 Å². The summed E-state index contributed by atoms with van der Waals surface area (Å²) < 4.78 is 0.930. The number of halogens is 1. The van der Waals surface area contributed by atoms with E-state index in [4.69, 9.17) is 11.6 Å². The van der Waals surface area contributed by atoms with Crippen LogP contribution in [0.5, 0.6) is 0 Å². The van der Waals surface area contributed by atoms with Crippen LogP contribution in [0.4, 0.5) is 0 Å². The van der Waals surface area contributed by atoms with Gasteiger partial charge in [0, 0.05) is 34.5 Å². The number of carbonyl (C=O) groups excluding carboxylic acids is 1. The first-order valence-corrected chi connectivity index (χ1v) is 10.7. The van der Waals surface area contributed by atoms with Crippen LogP contribution in [0.1, 0.15) is 26.9 Å². The summed E-state index contributed by atoms with van der Waals surface area (Å²) >= 11 is 9.06. The fraction of sp³-hybridized carbons (Fsp3) is 0.143. The van der Waals surface area contributed by atoms with Crippen molar-refractivity contribution in [3.05, 3.63) is 80.7 Å². The van der Waals surface area contributed by atoms with Crippen LogP contribution in [0.15, 0.2) is 65.2 Å². The molecule has 0 fully saturated rings. The van der Waals surface area contributed by atoms with E-state index >= 15 is 0 Å². The zero-order valence-electron chi connectivity index (χ0n) is 14.9. The maximum absolute atomic E-state index is 13.1. The lowest BCUT2D eigenvalue weighted by atomic mass is 10.1. The second-order valence-electron chi connectivity index (χ2n) is 6.41. The van der Waals surface area contributed by atoms with Crippen LogP contribution < -0.4 is 0 Å². The Morgan fingerprint density at radius 1 is 1.11 bits per heavy atom. The Balaban J connectivity index is 1.67. The summed E-state index contributed by atoms with van der Waals surface area (Å²) in [5.41, 5.74) is 1.56. The highest BCUT2D eigenvalue weighted by atomic mass is 35.5. The zero-order valence-corrected chi connectivity index (χ0v) is 17.3. The first-order valence-electron chi connectivity index (χ1n) is 8.60. The van der Waals surface area contributed by atoms with Crippen molar-refractivity contribution in [2.75, 3.05) is 7.05 Å². The van der Waals surface area contributed by atoms with Gasteiger partial charge < -0.3 is 10.0 Å². The summed E-state index contributed by atoms with van der Waals surface area (Å²) in [6.07, 6.45) is 0.473. The molecule has 0 bridgehead atoms. The van der Waals surface area contributed by atoms with Gasteiger partial charge >= 0.3 is 5.97 Å². The third-order valence-electron chi connectivity index (χ3n) is 4.71. The molecule has 0 radical (unpaired) electrons. The molecule has 1 N–H and O–H groups in total. The van der Waals surface area contributed by atoms with Crippen LogP contribution in [0.3, 0.4) is 0 Å². The summed E-state index contributed by atoms with van der Waals surface area (Å²) in [6.45, 7) is 0. The van der Waals surface area contributed by atoms with Crippen LogP contribution in [-0.4, -0.2) is 28.9 Å². The number of thiophene rings is 1. The molecule has 2 aromatic carbocycles. The number of hydrogen-bond donors (Lipinski definition) is 1. The molecule has 1 aliphatic rings. The molecule has 4 rings (SSSR count).